The Labute approximate surface area is 79.8 Å². The number of fused-ring (bicyclic) bond motifs is 1. The number of thiophene rings is 1. The largest absolute Gasteiger partial charge is 0.499 e. The quantitative estimate of drug-likeness (QED) is 0.639. The summed E-state index contributed by atoms with van der Waals surface area (Å²) in [5.41, 5.74) is 1.06. The second-order valence-electron chi connectivity index (χ2n) is 2.89. The molecule has 0 aromatic carbocycles. The predicted molar refractivity (Wildman–Crippen MR) is 54.2 cm³/mol. The first-order valence-electron chi connectivity index (χ1n) is 3.88. The van der Waals surface area contributed by atoms with Crippen LogP contribution in [-0.2, 0) is 0 Å². The van der Waals surface area contributed by atoms with Crippen molar-refractivity contribution in [2.24, 2.45) is 0 Å². The molecule has 2 heterocycles. The number of rotatable bonds is 1. The highest BCUT2D eigenvalue weighted by Gasteiger charge is 2.15. The Kier molecular flexibility index (Phi) is 2.07. The third kappa shape index (κ3) is 1.46. The molecule has 0 unspecified atom stereocenters. The molecule has 0 aliphatic rings. The number of aryl methyl sites for hydroxylation is 1. The molecule has 66 valence electrons. The van der Waals surface area contributed by atoms with Crippen molar-refractivity contribution in [1.29, 1.82) is 0 Å². The van der Waals surface area contributed by atoms with Crippen molar-refractivity contribution in [1.82, 2.24) is 4.98 Å². The minimum atomic E-state index is -1.38. The molecule has 0 radical (unpaired) electrons. The molecular weight excluding hydrogens is 185 g/mol. The number of pyridine rings is 1. The molecule has 2 aromatic rings. The molecule has 0 saturated carbocycles. The molecule has 0 atom stereocenters. The molecule has 0 aliphatic carbocycles. The van der Waals surface area contributed by atoms with E-state index in [1.807, 2.05) is 6.92 Å². The van der Waals surface area contributed by atoms with Gasteiger partial charge in [-0.1, -0.05) is 0 Å². The van der Waals surface area contributed by atoms with E-state index in [4.69, 9.17) is 10.0 Å². The summed E-state index contributed by atoms with van der Waals surface area (Å²) in [5, 5.41) is 19.0. The van der Waals surface area contributed by atoms with Crippen LogP contribution in [0.4, 0.5) is 0 Å². The Morgan fingerprint density at radius 2 is 2.15 bits per heavy atom. The lowest BCUT2D eigenvalue weighted by molar-refractivity contribution is 0.427. The summed E-state index contributed by atoms with van der Waals surface area (Å²) >= 11 is 1.36. The van der Waals surface area contributed by atoms with Gasteiger partial charge in [-0.15, -0.1) is 11.3 Å². The standard InChI is InChI=1S/C8H8BNO2S/c1-5-3-10-4-7-6(5)2-8(13-7)9(11)12/h2-4,11-12H,1H3. The van der Waals surface area contributed by atoms with Gasteiger partial charge in [0, 0.05) is 17.2 Å². The monoisotopic (exact) mass is 193 g/mol. The number of nitrogens with zero attached hydrogens (tertiary/aromatic N) is 1. The zero-order valence-electron chi connectivity index (χ0n) is 7.06. The predicted octanol–water partition coefficient (Wildman–Crippen LogP) is 0.285. The van der Waals surface area contributed by atoms with Gasteiger partial charge in [-0.05, 0) is 23.9 Å². The molecule has 3 nitrogen and oxygen atoms in total. The van der Waals surface area contributed by atoms with Gasteiger partial charge in [-0.2, -0.15) is 0 Å². The van der Waals surface area contributed by atoms with Gasteiger partial charge in [0.2, 0.25) is 0 Å². The number of hydrogen-bond acceptors (Lipinski definition) is 4. The van der Waals surface area contributed by atoms with Crippen molar-refractivity contribution in [3.63, 3.8) is 0 Å². The zero-order chi connectivity index (χ0) is 9.42. The molecular formula is C8H8BNO2S. The third-order valence-corrected chi connectivity index (χ3v) is 3.03. The SMILES string of the molecule is Cc1cncc2sc(B(O)O)cc12. The lowest BCUT2D eigenvalue weighted by Crippen LogP contribution is -2.26. The summed E-state index contributed by atoms with van der Waals surface area (Å²) in [5.74, 6) is 0. The second-order valence-corrected chi connectivity index (χ2v) is 4.01. The Bertz CT molecular complexity index is 441. The van der Waals surface area contributed by atoms with E-state index in [1.54, 1.807) is 18.5 Å². The second kappa shape index (κ2) is 3.10. The summed E-state index contributed by atoms with van der Waals surface area (Å²) in [6.45, 7) is 1.95. The van der Waals surface area contributed by atoms with Crippen LogP contribution in [0, 0.1) is 6.92 Å². The fraction of sp³-hybridized carbons (Fsp3) is 0.125. The first-order chi connectivity index (χ1) is 6.18. The molecule has 0 spiro atoms. The Morgan fingerprint density at radius 1 is 1.38 bits per heavy atom. The van der Waals surface area contributed by atoms with Crippen LogP contribution in [0.2, 0.25) is 0 Å². The molecule has 2 aromatic heterocycles. The highest BCUT2D eigenvalue weighted by molar-refractivity contribution is 7.27. The van der Waals surface area contributed by atoms with Crippen LogP contribution in [0.25, 0.3) is 10.1 Å². The van der Waals surface area contributed by atoms with Gasteiger partial charge in [0.15, 0.2) is 0 Å². The van der Waals surface area contributed by atoms with E-state index in [0.29, 0.717) is 4.78 Å². The molecule has 0 aliphatic heterocycles. The van der Waals surface area contributed by atoms with Gasteiger partial charge in [0.25, 0.3) is 0 Å². The van der Waals surface area contributed by atoms with E-state index in [1.165, 1.54) is 11.3 Å². The average molecular weight is 193 g/mol. The van der Waals surface area contributed by atoms with E-state index < -0.39 is 7.12 Å². The summed E-state index contributed by atoms with van der Waals surface area (Å²) in [7, 11) is -1.38. The molecule has 5 heteroatoms. The fourth-order valence-corrected chi connectivity index (χ4v) is 2.22. The van der Waals surface area contributed by atoms with Gasteiger partial charge in [-0.3, -0.25) is 4.98 Å². The molecule has 13 heavy (non-hydrogen) atoms. The van der Waals surface area contributed by atoms with Crippen LogP contribution in [-0.4, -0.2) is 22.2 Å². The van der Waals surface area contributed by atoms with Gasteiger partial charge < -0.3 is 10.0 Å². The van der Waals surface area contributed by atoms with Gasteiger partial charge in [0.1, 0.15) is 0 Å². The molecule has 2 rings (SSSR count). The minimum Gasteiger partial charge on any atom is -0.423 e. The molecule has 0 fully saturated rings. The number of hydrogen-bond donors (Lipinski definition) is 2. The van der Waals surface area contributed by atoms with Crippen molar-refractivity contribution >= 4 is 33.3 Å². The normalized spacial score (nSPS) is 10.7. The van der Waals surface area contributed by atoms with Crippen LogP contribution in [0.1, 0.15) is 5.56 Å². The highest BCUT2D eigenvalue weighted by Crippen LogP contribution is 2.20. The van der Waals surface area contributed by atoms with Gasteiger partial charge in [-0.25, -0.2) is 0 Å². The van der Waals surface area contributed by atoms with E-state index >= 15 is 0 Å². The van der Waals surface area contributed by atoms with E-state index in [9.17, 15) is 0 Å². The molecule has 0 bridgehead atoms. The molecule has 2 N–H and O–H groups in total. The first kappa shape index (κ1) is 8.68. The topological polar surface area (TPSA) is 53.4 Å². The number of aromatic nitrogens is 1. The lowest BCUT2D eigenvalue weighted by Gasteiger charge is -1.91. The average Bonchev–Trinajstić information content (AvgIpc) is 2.49. The molecule has 0 amide bonds. The Morgan fingerprint density at radius 3 is 2.77 bits per heavy atom. The first-order valence-corrected chi connectivity index (χ1v) is 4.70. The summed E-state index contributed by atoms with van der Waals surface area (Å²) in [6, 6.07) is 1.79. The Balaban J connectivity index is 2.68. The van der Waals surface area contributed by atoms with Crippen LogP contribution in [0.3, 0.4) is 0 Å². The highest BCUT2D eigenvalue weighted by atomic mass is 32.1. The summed E-state index contributed by atoms with van der Waals surface area (Å²) < 4.78 is 1.55. The van der Waals surface area contributed by atoms with Crippen LogP contribution in [0.5, 0.6) is 0 Å². The summed E-state index contributed by atoms with van der Waals surface area (Å²) in [6.07, 6.45) is 3.50. The van der Waals surface area contributed by atoms with E-state index in [0.717, 1.165) is 15.6 Å². The van der Waals surface area contributed by atoms with Crippen molar-refractivity contribution < 1.29 is 10.0 Å². The maximum Gasteiger partial charge on any atom is 0.499 e. The van der Waals surface area contributed by atoms with Crippen molar-refractivity contribution in [3.05, 3.63) is 24.0 Å². The smallest absolute Gasteiger partial charge is 0.423 e. The van der Waals surface area contributed by atoms with Gasteiger partial charge in [0.05, 0.1) is 4.70 Å². The van der Waals surface area contributed by atoms with Crippen LogP contribution < -0.4 is 4.78 Å². The van der Waals surface area contributed by atoms with Crippen molar-refractivity contribution in [2.45, 2.75) is 6.92 Å². The lowest BCUT2D eigenvalue weighted by atomic mass is 9.89. The summed E-state index contributed by atoms with van der Waals surface area (Å²) in [4.78, 5) is 4.03. The van der Waals surface area contributed by atoms with Crippen molar-refractivity contribution in [3.8, 4) is 0 Å². The molecule has 0 saturated heterocycles. The zero-order valence-corrected chi connectivity index (χ0v) is 7.88. The fourth-order valence-electron chi connectivity index (χ4n) is 1.24. The van der Waals surface area contributed by atoms with Crippen LogP contribution in [0.15, 0.2) is 18.5 Å². The third-order valence-electron chi connectivity index (χ3n) is 1.92. The maximum absolute atomic E-state index is 8.96. The minimum absolute atomic E-state index is 0.561. The van der Waals surface area contributed by atoms with Crippen molar-refractivity contribution in [2.75, 3.05) is 0 Å². The van der Waals surface area contributed by atoms with Crippen LogP contribution >= 0.6 is 11.3 Å². The van der Waals surface area contributed by atoms with Gasteiger partial charge >= 0.3 is 7.12 Å². The van der Waals surface area contributed by atoms with E-state index in [2.05, 4.69) is 4.98 Å². The Hall–Kier alpha value is -0.905. The van der Waals surface area contributed by atoms with E-state index in [-0.39, 0.29) is 0 Å². The maximum atomic E-state index is 8.96.